The molecule has 2 atom stereocenters. The van der Waals surface area contributed by atoms with Crippen LogP contribution in [-0.2, 0) is 6.18 Å². The number of rotatable bonds is 7. The molecular formula is C17H23F3N6. The summed E-state index contributed by atoms with van der Waals surface area (Å²) in [6.45, 7) is 7.94. The molecule has 0 aliphatic carbocycles. The Balaban J connectivity index is 2.46. The predicted molar refractivity (Wildman–Crippen MR) is 94.8 cm³/mol. The third kappa shape index (κ3) is 5.27. The van der Waals surface area contributed by atoms with Gasteiger partial charge in [-0.05, 0) is 38.8 Å². The molecule has 2 aromatic rings. The van der Waals surface area contributed by atoms with Gasteiger partial charge in [0.1, 0.15) is 11.4 Å². The molecule has 6 nitrogen and oxygen atoms in total. The van der Waals surface area contributed by atoms with E-state index < -0.39 is 11.9 Å². The average Bonchev–Trinajstić information content (AvgIpc) is 2.60. The smallest absolute Gasteiger partial charge is 0.352 e. The van der Waals surface area contributed by atoms with E-state index in [0.717, 1.165) is 18.9 Å². The molecule has 142 valence electrons. The van der Waals surface area contributed by atoms with E-state index in [9.17, 15) is 13.2 Å². The zero-order chi connectivity index (χ0) is 19.3. The van der Waals surface area contributed by atoms with E-state index in [2.05, 4.69) is 30.6 Å². The molecule has 0 saturated carbocycles. The molecular weight excluding hydrogens is 345 g/mol. The molecule has 0 amide bonds. The average molecular weight is 368 g/mol. The SMILES string of the molecule is CC[C@H](C)Nc1nc(N[C@@H](C)CC)nc(-c2cccc(C(F)(F)F)n2)n1. The van der Waals surface area contributed by atoms with Crippen LogP contribution in [0.3, 0.4) is 0 Å². The third-order valence-electron chi connectivity index (χ3n) is 3.88. The molecule has 9 heteroatoms. The molecule has 2 rings (SSSR count). The molecule has 0 bridgehead atoms. The molecule has 2 heterocycles. The van der Waals surface area contributed by atoms with Crippen molar-refractivity contribution in [1.29, 1.82) is 0 Å². The zero-order valence-corrected chi connectivity index (χ0v) is 15.2. The fraction of sp³-hybridized carbons (Fsp3) is 0.529. The minimum Gasteiger partial charge on any atom is -0.352 e. The van der Waals surface area contributed by atoms with Crippen molar-refractivity contribution in [2.24, 2.45) is 0 Å². The summed E-state index contributed by atoms with van der Waals surface area (Å²) in [5, 5.41) is 6.25. The first-order valence-electron chi connectivity index (χ1n) is 8.56. The summed E-state index contributed by atoms with van der Waals surface area (Å²) in [5.41, 5.74) is -0.940. The Hall–Kier alpha value is -2.45. The second-order valence-corrected chi connectivity index (χ2v) is 6.12. The highest BCUT2D eigenvalue weighted by atomic mass is 19.4. The van der Waals surface area contributed by atoms with Gasteiger partial charge in [-0.25, -0.2) is 4.98 Å². The maximum atomic E-state index is 12.9. The normalized spacial score (nSPS) is 14.0. The fourth-order valence-electron chi connectivity index (χ4n) is 1.98. The Morgan fingerprint density at radius 1 is 0.885 bits per heavy atom. The number of alkyl halides is 3. The van der Waals surface area contributed by atoms with Gasteiger partial charge in [0.25, 0.3) is 0 Å². The molecule has 2 aromatic heterocycles. The lowest BCUT2D eigenvalue weighted by Gasteiger charge is -2.16. The van der Waals surface area contributed by atoms with Crippen molar-refractivity contribution in [3.63, 3.8) is 0 Å². The molecule has 0 radical (unpaired) electrons. The highest BCUT2D eigenvalue weighted by Gasteiger charge is 2.32. The largest absolute Gasteiger partial charge is 0.433 e. The van der Waals surface area contributed by atoms with E-state index >= 15 is 0 Å². The van der Waals surface area contributed by atoms with Gasteiger partial charge in [-0.2, -0.15) is 28.1 Å². The summed E-state index contributed by atoms with van der Waals surface area (Å²) in [6.07, 6.45) is -2.84. The van der Waals surface area contributed by atoms with E-state index in [1.165, 1.54) is 12.1 Å². The van der Waals surface area contributed by atoms with Gasteiger partial charge in [0.05, 0.1) is 0 Å². The Morgan fingerprint density at radius 3 is 1.88 bits per heavy atom. The molecule has 0 aromatic carbocycles. The number of anilines is 2. The molecule has 0 unspecified atom stereocenters. The second kappa shape index (κ2) is 8.29. The predicted octanol–water partition coefficient (Wildman–Crippen LogP) is 4.37. The number of pyridine rings is 1. The fourth-order valence-corrected chi connectivity index (χ4v) is 1.98. The van der Waals surface area contributed by atoms with Crippen LogP contribution in [0.2, 0.25) is 0 Å². The summed E-state index contributed by atoms with van der Waals surface area (Å²) < 4.78 is 38.8. The topological polar surface area (TPSA) is 75.6 Å². The highest BCUT2D eigenvalue weighted by Crippen LogP contribution is 2.29. The Labute approximate surface area is 150 Å². The van der Waals surface area contributed by atoms with Gasteiger partial charge in [0.2, 0.25) is 11.9 Å². The monoisotopic (exact) mass is 368 g/mol. The minimum absolute atomic E-state index is 0.0432. The van der Waals surface area contributed by atoms with E-state index in [4.69, 9.17) is 0 Å². The lowest BCUT2D eigenvalue weighted by molar-refractivity contribution is -0.141. The number of nitrogens with zero attached hydrogens (tertiary/aromatic N) is 4. The van der Waals surface area contributed by atoms with E-state index in [-0.39, 0.29) is 23.6 Å². The number of nitrogens with one attached hydrogen (secondary N) is 2. The number of hydrogen-bond acceptors (Lipinski definition) is 6. The Morgan fingerprint density at radius 2 is 1.42 bits per heavy atom. The van der Waals surface area contributed by atoms with Crippen molar-refractivity contribution in [3.05, 3.63) is 23.9 Å². The highest BCUT2D eigenvalue weighted by molar-refractivity contribution is 5.54. The summed E-state index contributed by atoms with van der Waals surface area (Å²) in [7, 11) is 0. The lowest BCUT2D eigenvalue weighted by atomic mass is 10.2. The van der Waals surface area contributed by atoms with Crippen LogP contribution < -0.4 is 10.6 Å². The maximum Gasteiger partial charge on any atom is 0.433 e. The van der Waals surface area contributed by atoms with E-state index in [1.54, 1.807) is 0 Å². The molecule has 0 spiro atoms. The summed E-state index contributed by atoms with van der Waals surface area (Å²) in [4.78, 5) is 16.5. The van der Waals surface area contributed by atoms with Crippen LogP contribution >= 0.6 is 0 Å². The minimum atomic E-state index is -4.53. The van der Waals surface area contributed by atoms with Crippen molar-refractivity contribution in [2.45, 2.75) is 58.8 Å². The van der Waals surface area contributed by atoms with Crippen molar-refractivity contribution in [1.82, 2.24) is 19.9 Å². The zero-order valence-electron chi connectivity index (χ0n) is 15.2. The molecule has 0 aliphatic heterocycles. The third-order valence-corrected chi connectivity index (χ3v) is 3.88. The van der Waals surface area contributed by atoms with Crippen molar-refractivity contribution in [3.8, 4) is 11.5 Å². The quantitative estimate of drug-likeness (QED) is 0.756. The van der Waals surface area contributed by atoms with Crippen LogP contribution in [0.15, 0.2) is 18.2 Å². The summed E-state index contributed by atoms with van der Waals surface area (Å²) in [5.74, 6) is 0.687. The van der Waals surface area contributed by atoms with Crippen LogP contribution in [0.25, 0.3) is 11.5 Å². The van der Waals surface area contributed by atoms with Crippen LogP contribution in [0, 0.1) is 0 Å². The molecule has 0 fully saturated rings. The van der Waals surface area contributed by atoms with Gasteiger partial charge in [-0.3, -0.25) is 0 Å². The first kappa shape index (κ1) is 19.9. The van der Waals surface area contributed by atoms with Gasteiger partial charge in [-0.15, -0.1) is 0 Å². The van der Waals surface area contributed by atoms with Crippen molar-refractivity contribution in [2.75, 3.05) is 10.6 Å². The Kier molecular flexibility index (Phi) is 6.33. The van der Waals surface area contributed by atoms with Gasteiger partial charge < -0.3 is 10.6 Å². The molecule has 2 N–H and O–H groups in total. The van der Waals surface area contributed by atoms with Gasteiger partial charge in [-0.1, -0.05) is 19.9 Å². The number of hydrogen-bond donors (Lipinski definition) is 2. The van der Waals surface area contributed by atoms with Gasteiger partial charge in [0, 0.05) is 12.1 Å². The molecule has 0 aliphatic rings. The first-order valence-corrected chi connectivity index (χ1v) is 8.56. The van der Waals surface area contributed by atoms with Gasteiger partial charge >= 0.3 is 6.18 Å². The molecule has 0 saturated heterocycles. The van der Waals surface area contributed by atoms with Crippen LogP contribution in [-0.4, -0.2) is 32.0 Å². The maximum absolute atomic E-state index is 12.9. The number of halogens is 3. The molecule has 26 heavy (non-hydrogen) atoms. The van der Waals surface area contributed by atoms with E-state index in [1.807, 2.05) is 27.7 Å². The van der Waals surface area contributed by atoms with Gasteiger partial charge in [0.15, 0.2) is 5.82 Å². The standard InChI is InChI=1S/C17H23F3N6/c1-5-10(3)21-15-24-14(25-16(26-15)22-11(4)6-2)12-8-7-9-13(23-12)17(18,19)20/h7-11H,5-6H2,1-4H3,(H2,21,22,24,25,26)/t10-,11-/m0/s1. The van der Waals surface area contributed by atoms with E-state index in [0.29, 0.717) is 11.9 Å². The van der Waals surface area contributed by atoms with Crippen LogP contribution in [0.5, 0.6) is 0 Å². The number of aromatic nitrogens is 4. The first-order chi connectivity index (χ1) is 12.2. The van der Waals surface area contributed by atoms with Crippen LogP contribution in [0.4, 0.5) is 25.1 Å². The van der Waals surface area contributed by atoms with Crippen LogP contribution in [0.1, 0.15) is 46.2 Å². The Bertz CT molecular complexity index is 704. The lowest BCUT2D eigenvalue weighted by Crippen LogP contribution is -2.20. The summed E-state index contributed by atoms with van der Waals surface area (Å²) in [6, 6.07) is 3.87. The van der Waals surface area contributed by atoms with Crippen molar-refractivity contribution < 1.29 is 13.2 Å². The second-order valence-electron chi connectivity index (χ2n) is 6.12. The summed E-state index contributed by atoms with van der Waals surface area (Å²) >= 11 is 0. The van der Waals surface area contributed by atoms with Crippen molar-refractivity contribution >= 4 is 11.9 Å².